The van der Waals surface area contributed by atoms with E-state index in [1.807, 2.05) is 48.5 Å². The van der Waals surface area contributed by atoms with E-state index in [1.54, 1.807) is 4.80 Å². The maximum atomic E-state index is 4.65. The fraction of sp³-hybridized carbons (Fsp3) is 0. The Kier molecular flexibility index (Phi) is 2.57. The van der Waals surface area contributed by atoms with E-state index < -0.39 is 0 Å². The zero-order chi connectivity index (χ0) is 14.2. The topological polar surface area (TPSA) is 30.7 Å². The van der Waals surface area contributed by atoms with Gasteiger partial charge in [-0.05, 0) is 29.1 Å². The zero-order valence-corrected chi connectivity index (χ0v) is 11.4. The Bertz CT molecular complexity index is 949. The largest absolute Gasteiger partial charge is 0.150 e. The second kappa shape index (κ2) is 4.56. The van der Waals surface area contributed by atoms with Gasteiger partial charge in [-0.15, -0.1) is 10.2 Å². The van der Waals surface area contributed by atoms with Gasteiger partial charge in [0.25, 0.3) is 0 Å². The molecule has 3 heteroatoms. The van der Waals surface area contributed by atoms with E-state index in [9.17, 15) is 0 Å². The Labute approximate surface area is 122 Å². The van der Waals surface area contributed by atoms with Gasteiger partial charge < -0.3 is 0 Å². The maximum absolute atomic E-state index is 4.65. The van der Waals surface area contributed by atoms with Gasteiger partial charge in [0.05, 0.1) is 5.69 Å². The van der Waals surface area contributed by atoms with Crippen LogP contribution in [0.1, 0.15) is 5.56 Å². The van der Waals surface area contributed by atoms with Crippen LogP contribution in [-0.4, -0.2) is 15.0 Å². The van der Waals surface area contributed by atoms with Crippen molar-refractivity contribution in [3.05, 3.63) is 72.8 Å². The molecule has 3 aromatic carbocycles. The Morgan fingerprint density at radius 2 is 1.67 bits per heavy atom. The maximum Gasteiger partial charge on any atom is 0.121 e. The van der Waals surface area contributed by atoms with Crippen LogP contribution in [0.3, 0.4) is 0 Å². The fourth-order valence-electron chi connectivity index (χ4n) is 2.51. The van der Waals surface area contributed by atoms with Gasteiger partial charge in [0.15, 0.2) is 0 Å². The van der Waals surface area contributed by atoms with Gasteiger partial charge in [-0.2, -0.15) is 4.80 Å². The summed E-state index contributed by atoms with van der Waals surface area (Å²) in [6, 6.07) is 20.3. The van der Waals surface area contributed by atoms with E-state index in [-0.39, 0.29) is 0 Å². The van der Waals surface area contributed by atoms with Crippen LogP contribution in [0.5, 0.6) is 0 Å². The summed E-state index contributed by atoms with van der Waals surface area (Å²) in [6.07, 6.45) is 1.82. The minimum absolute atomic E-state index is 0.904. The average molecular weight is 271 g/mol. The van der Waals surface area contributed by atoms with E-state index in [1.165, 1.54) is 5.39 Å². The van der Waals surface area contributed by atoms with Crippen molar-refractivity contribution >= 4 is 27.9 Å². The highest BCUT2D eigenvalue weighted by atomic mass is 15.5. The van der Waals surface area contributed by atoms with Gasteiger partial charge in [0.2, 0.25) is 0 Å². The van der Waals surface area contributed by atoms with Crippen LogP contribution < -0.4 is 0 Å². The van der Waals surface area contributed by atoms with Crippen molar-refractivity contribution in [1.29, 1.82) is 0 Å². The van der Waals surface area contributed by atoms with Gasteiger partial charge in [0, 0.05) is 5.39 Å². The van der Waals surface area contributed by atoms with Gasteiger partial charge in [-0.1, -0.05) is 55.1 Å². The molecule has 0 aliphatic heterocycles. The molecule has 0 unspecified atom stereocenters. The molecule has 0 radical (unpaired) electrons. The minimum Gasteiger partial charge on any atom is -0.150 e. The lowest BCUT2D eigenvalue weighted by Crippen LogP contribution is -1.97. The Morgan fingerprint density at radius 1 is 0.857 bits per heavy atom. The molecular weight excluding hydrogens is 258 g/mol. The lowest BCUT2D eigenvalue weighted by Gasteiger charge is -1.99. The van der Waals surface area contributed by atoms with E-state index >= 15 is 0 Å². The first-order valence-corrected chi connectivity index (χ1v) is 6.83. The van der Waals surface area contributed by atoms with Crippen molar-refractivity contribution in [2.75, 3.05) is 0 Å². The summed E-state index contributed by atoms with van der Waals surface area (Å²) in [7, 11) is 0. The molecule has 21 heavy (non-hydrogen) atoms. The van der Waals surface area contributed by atoms with Gasteiger partial charge >= 0.3 is 0 Å². The van der Waals surface area contributed by atoms with Crippen LogP contribution in [0.4, 0.5) is 0 Å². The molecule has 100 valence electrons. The smallest absolute Gasteiger partial charge is 0.121 e. The lowest BCUT2D eigenvalue weighted by molar-refractivity contribution is 0.766. The molecule has 0 aliphatic rings. The van der Waals surface area contributed by atoms with Crippen molar-refractivity contribution in [2.24, 2.45) is 0 Å². The highest BCUT2D eigenvalue weighted by Gasteiger charge is 2.07. The Hall–Kier alpha value is -2.94. The SMILES string of the molecule is C=Cc1ccc(-n2nc3ccc4ccccc4c3n2)cc1. The van der Waals surface area contributed by atoms with Gasteiger partial charge in [-0.25, -0.2) is 0 Å². The monoisotopic (exact) mass is 271 g/mol. The first-order chi connectivity index (χ1) is 10.3. The van der Waals surface area contributed by atoms with E-state index in [4.69, 9.17) is 0 Å². The quantitative estimate of drug-likeness (QED) is 0.546. The molecule has 0 saturated carbocycles. The number of benzene rings is 3. The third kappa shape index (κ3) is 1.91. The molecule has 4 rings (SSSR count). The molecule has 0 N–H and O–H groups in total. The summed E-state index contributed by atoms with van der Waals surface area (Å²) in [5.41, 5.74) is 3.86. The van der Waals surface area contributed by atoms with Crippen molar-refractivity contribution in [3.8, 4) is 5.69 Å². The van der Waals surface area contributed by atoms with E-state index in [2.05, 4.69) is 35.0 Å². The zero-order valence-electron chi connectivity index (χ0n) is 11.4. The molecule has 1 heterocycles. The molecule has 4 aromatic rings. The summed E-state index contributed by atoms with van der Waals surface area (Å²) < 4.78 is 0. The fourth-order valence-corrected chi connectivity index (χ4v) is 2.51. The Morgan fingerprint density at radius 3 is 2.48 bits per heavy atom. The third-order valence-electron chi connectivity index (χ3n) is 3.64. The molecule has 1 aromatic heterocycles. The number of fused-ring (bicyclic) bond motifs is 3. The van der Waals surface area contributed by atoms with Crippen molar-refractivity contribution in [1.82, 2.24) is 15.0 Å². The average Bonchev–Trinajstić information content (AvgIpc) is 2.99. The van der Waals surface area contributed by atoms with E-state index in [0.29, 0.717) is 0 Å². The number of nitrogens with zero attached hydrogens (tertiary/aromatic N) is 3. The third-order valence-corrected chi connectivity index (χ3v) is 3.64. The van der Waals surface area contributed by atoms with Crippen molar-refractivity contribution in [3.63, 3.8) is 0 Å². The summed E-state index contributed by atoms with van der Waals surface area (Å²) in [4.78, 5) is 1.68. The van der Waals surface area contributed by atoms with Crippen molar-refractivity contribution < 1.29 is 0 Å². The summed E-state index contributed by atoms with van der Waals surface area (Å²) in [6.45, 7) is 3.76. The standard InChI is InChI=1S/C18H13N3/c1-2-13-7-10-15(11-8-13)21-19-17-12-9-14-5-3-4-6-16(14)18(17)20-21/h2-12H,1H2. The molecule has 0 atom stereocenters. The van der Waals surface area contributed by atoms with Crippen molar-refractivity contribution in [2.45, 2.75) is 0 Å². The van der Waals surface area contributed by atoms with Gasteiger partial charge in [0.1, 0.15) is 11.0 Å². The van der Waals surface area contributed by atoms with Crippen LogP contribution in [0.15, 0.2) is 67.2 Å². The molecule has 0 spiro atoms. The number of aromatic nitrogens is 3. The summed E-state index contributed by atoms with van der Waals surface area (Å²) in [5, 5.41) is 11.5. The van der Waals surface area contributed by atoms with Crippen LogP contribution in [-0.2, 0) is 0 Å². The summed E-state index contributed by atoms with van der Waals surface area (Å²) in [5.74, 6) is 0. The van der Waals surface area contributed by atoms with E-state index in [0.717, 1.165) is 27.7 Å². The molecule has 0 saturated heterocycles. The number of hydrogen-bond acceptors (Lipinski definition) is 2. The first kappa shape index (κ1) is 11.9. The molecule has 0 bridgehead atoms. The normalized spacial score (nSPS) is 11.0. The molecule has 0 amide bonds. The molecule has 0 fully saturated rings. The Balaban J connectivity index is 1.93. The lowest BCUT2D eigenvalue weighted by atomic mass is 10.1. The van der Waals surface area contributed by atoms with Crippen LogP contribution in [0, 0.1) is 0 Å². The molecule has 3 nitrogen and oxygen atoms in total. The highest BCUT2D eigenvalue weighted by molar-refractivity contribution is 6.03. The second-order valence-electron chi connectivity index (χ2n) is 4.94. The summed E-state index contributed by atoms with van der Waals surface area (Å²) >= 11 is 0. The first-order valence-electron chi connectivity index (χ1n) is 6.83. The molecular formula is C18H13N3. The van der Waals surface area contributed by atoms with Gasteiger partial charge in [-0.3, -0.25) is 0 Å². The predicted octanol–water partition coefficient (Wildman–Crippen LogP) is 4.22. The minimum atomic E-state index is 0.904. The molecule has 0 aliphatic carbocycles. The second-order valence-corrected chi connectivity index (χ2v) is 4.94. The number of hydrogen-bond donors (Lipinski definition) is 0. The van der Waals surface area contributed by atoms with Crippen LogP contribution in [0.2, 0.25) is 0 Å². The predicted molar refractivity (Wildman–Crippen MR) is 86.5 cm³/mol. The number of rotatable bonds is 2. The highest BCUT2D eigenvalue weighted by Crippen LogP contribution is 2.23. The van der Waals surface area contributed by atoms with Crippen LogP contribution >= 0.6 is 0 Å². The van der Waals surface area contributed by atoms with Crippen LogP contribution in [0.25, 0.3) is 33.6 Å².